The molecule has 2 fully saturated rings. The SMILES string of the molecule is O=CN(CCO[C@@H]1CCS(=O)(=O)C1)[C@H]1CCS(=O)(=O)C1. The first-order valence-corrected chi connectivity index (χ1v) is 10.2. The molecule has 7 nitrogen and oxygen atoms in total. The Morgan fingerprint density at radius 3 is 2.20 bits per heavy atom. The van der Waals surface area contributed by atoms with Crippen LogP contribution in [0.1, 0.15) is 12.8 Å². The first kappa shape index (κ1) is 15.7. The van der Waals surface area contributed by atoms with Crippen molar-refractivity contribution in [1.29, 1.82) is 0 Å². The van der Waals surface area contributed by atoms with Gasteiger partial charge in [0.1, 0.15) is 0 Å². The van der Waals surface area contributed by atoms with E-state index in [1.54, 1.807) is 0 Å². The molecule has 0 aromatic carbocycles. The lowest BCUT2D eigenvalue weighted by Crippen LogP contribution is -2.38. The average molecular weight is 325 g/mol. The van der Waals surface area contributed by atoms with Gasteiger partial charge in [0.15, 0.2) is 19.7 Å². The Balaban J connectivity index is 1.76. The molecule has 2 aliphatic heterocycles. The van der Waals surface area contributed by atoms with E-state index in [0.717, 1.165) is 0 Å². The van der Waals surface area contributed by atoms with E-state index in [1.165, 1.54) is 4.90 Å². The molecule has 2 heterocycles. The molecule has 20 heavy (non-hydrogen) atoms. The van der Waals surface area contributed by atoms with Gasteiger partial charge in [-0.15, -0.1) is 0 Å². The van der Waals surface area contributed by atoms with E-state index in [4.69, 9.17) is 4.74 Å². The van der Waals surface area contributed by atoms with Gasteiger partial charge in [-0.25, -0.2) is 16.8 Å². The van der Waals surface area contributed by atoms with Crippen LogP contribution in [0, 0.1) is 0 Å². The largest absolute Gasteiger partial charge is 0.375 e. The molecular formula is C11H19NO6S2. The summed E-state index contributed by atoms with van der Waals surface area (Å²) in [4.78, 5) is 12.5. The van der Waals surface area contributed by atoms with Crippen LogP contribution in [0.25, 0.3) is 0 Å². The molecule has 0 radical (unpaired) electrons. The number of nitrogens with zero attached hydrogens (tertiary/aromatic N) is 1. The first-order valence-electron chi connectivity index (χ1n) is 6.55. The second-order valence-electron chi connectivity index (χ2n) is 5.30. The molecule has 2 atom stereocenters. The molecule has 0 aliphatic carbocycles. The normalized spacial score (nSPS) is 31.2. The molecule has 0 N–H and O–H groups in total. The van der Waals surface area contributed by atoms with Crippen molar-refractivity contribution in [3.05, 3.63) is 0 Å². The van der Waals surface area contributed by atoms with Crippen LogP contribution >= 0.6 is 0 Å². The minimum absolute atomic E-state index is 0.00352. The maximum atomic E-state index is 11.4. The molecule has 2 aliphatic rings. The van der Waals surface area contributed by atoms with Crippen LogP contribution in [-0.4, -0.2) is 76.5 Å². The van der Waals surface area contributed by atoms with Crippen molar-refractivity contribution >= 4 is 26.1 Å². The average Bonchev–Trinajstić information content (AvgIpc) is 2.87. The summed E-state index contributed by atoms with van der Waals surface area (Å²) >= 11 is 0. The Labute approximate surface area is 119 Å². The van der Waals surface area contributed by atoms with Gasteiger partial charge in [0.2, 0.25) is 6.41 Å². The van der Waals surface area contributed by atoms with Gasteiger partial charge in [-0.05, 0) is 12.8 Å². The molecule has 116 valence electrons. The number of ether oxygens (including phenoxy) is 1. The smallest absolute Gasteiger partial charge is 0.210 e. The highest BCUT2D eigenvalue weighted by Crippen LogP contribution is 2.17. The summed E-state index contributed by atoms with van der Waals surface area (Å²) in [7, 11) is -6.00. The lowest BCUT2D eigenvalue weighted by molar-refractivity contribution is -0.120. The summed E-state index contributed by atoms with van der Waals surface area (Å²) in [6.07, 6.45) is 1.28. The Bertz CT molecular complexity index is 555. The molecule has 0 bridgehead atoms. The standard InChI is InChI=1S/C11H19NO6S2/c13-9-12(10-1-5-19(14,15)7-10)3-4-18-11-2-6-20(16,17)8-11/h9-11H,1-8H2/t10-,11+/m0/s1. The van der Waals surface area contributed by atoms with Crippen LogP contribution in [0.4, 0.5) is 0 Å². The predicted molar refractivity (Wildman–Crippen MR) is 72.8 cm³/mol. The van der Waals surface area contributed by atoms with Crippen LogP contribution in [0.3, 0.4) is 0 Å². The Morgan fingerprint density at radius 1 is 1.05 bits per heavy atom. The third-order valence-corrected chi connectivity index (χ3v) is 7.19. The highest BCUT2D eigenvalue weighted by atomic mass is 32.2. The van der Waals surface area contributed by atoms with Gasteiger partial charge in [0, 0.05) is 12.6 Å². The molecule has 1 amide bonds. The van der Waals surface area contributed by atoms with E-state index in [0.29, 0.717) is 25.8 Å². The van der Waals surface area contributed by atoms with Gasteiger partial charge in [-0.2, -0.15) is 0 Å². The number of hydrogen-bond acceptors (Lipinski definition) is 6. The van der Waals surface area contributed by atoms with Crippen molar-refractivity contribution in [2.45, 2.75) is 25.0 Å². The summed E-state index contributed by atoms with van der Waals surface area (Å²) in [5.41, 5.74) is 0. The van der Waals surface area contributed by atoms with Crippen LogP contribution in [-0.2, 0) is 29.2 Å². The van der Waals surface area contributed by atoms with E-state index < -0.39 is 19.7 Å². The summed E-state index contributed by atoms with van der Waals surface area (Å²) in [5, 5.41) is 0. The fraction of sp³-hybridized carbons (Fsp3) is 0.909. The summed E-state index contributed by atoms with van der Waals surface area (Å²) in [6.45, 7) is 0.524. The van der Waals surface area contributed by atoms with E-state index in [2.05, 4.69) is 0 Å². The van der Waals surface area contributed by atoms with Crippen LogP contribution < -0.4 is 0 Å². The maximum Gasteiger partial charge on any atom is 0.210 e. The molecule has 0 aromatic rings. The monoisotopic (exact) mass is 325 g/mol. The summed E-state index contributed by atoms with van der Waals surface area (Å²) in [5.74, 6) is 0.301. The lowest BCUT2D eigenvalue weighted by Gasteiger charge is -2.24. The minimum atomic E-state index is -3.03. The van der Waals surface area contributed by atoms with Gasteiger partial charge in [-0.3, -0.25) is 4.79 Å². The second-order valence-corrected chi connectivity index (χ2v) is 9.75. The lowest BCUT2D eigenvalue weighted by atomic mass is 10.2. The van der Waals surface area contributed by atoms with Crippen molar-refractivity contribution in [3.63, 3.8) is 0 Å². The zero-order chi connectivity index (χ0) is 14.8. The molecule has 0 aromatic heterocycles. The topological polar surface area (TPSA) is 97.8 Å². The van der Waals surface area contributed by atoms with E-state index >= 15 is 0 Å². The van der Waals surface area contributed by atoms with Gasteiger partial charge in [0.25, 0.3) is 0 Å². The number of carbonyl (C=O) groups is 1. The first-order chi connectivity index (χ1) is 9.31. The van der Waals surface area contributed by atoms with Gasteiger partial charge in [0.05, 0.1) is 35.7 Å². The molecular weight excluding hydrogens is 306 g/mol. The second kappa shape index (κ2) is 5.98. The molecule has 0 spiro atoms. The Hall–Kier alpha value is -0.670. The molecule has 0 unspecified atom stereocenters. The van der Waals surface area contributed by atoms with Crippen molar-refractivity contribution in [3.8, 4) is 0 Å². The highest BCUT2D eigenvalue weighted by Gasteiger charge is 2.32. The number of amides is 1. The van der Waals surface area contributed by atoms with Crippen molar-refractivity contribution in [2.24, 2.45) is 0 Å². The quantitative estimate of drug-likeness (QED) is 0.571. The number of sulfone groups is 2. The fourth-order valence-corrected chi connectivity index (χ4v) is 5.94. The third kappa shape index (κ3) is 4.16. The van der Waals surface area contributed by atoms with Crippen molar-refractivity contribution in [2.75, 3.05) is 36.2 Å². The third-order valence-electron chi connectivity index (χ3n) is 3.71. The Morgan fingerprint density at radius 2 is 1.70 bits per heavy atom. The number of carbonyl (C=O) groups excluding carboxylic acids is 1. The van der Waals surface area contributed by atoms with E-state index in [-0.39, 0.29) is 41.8 Å². The van der Waals surface area contributed by atoms with Crippen LogP contribution in [0.5, 0.6) is 0 Å². The maximum absolute atomic E-state index is 11.4. The number of rotatable bonds is 6. The highest BCUT2D eigenvalue weighted by molar-refractivity contribution is 7.91. The van der Waals surface area contributed by atoms with Crippen LogP contribution in [0.2, 0.25) is 0 Å². The fourth-order valence-electron chi connectivity index (χ4n) is 2.58. The summed E-state index contributed by atoms with van der Waals surface area (Å²) in [6, 6.07) is -0.284. The zero-order valence-electron chi connectivity index (χ0n) is 11.1. The van der Waals surface area contributed by atoms with E-state index in [9.17, 15) is 21.6 Å². The molecule has 2 rings (SSSR count). The Kier molecular flexibility index (Phi) is 4.70. The minimum Gasteiger partial charge on any atom is -0.375 e. The number of hydrogen-bond donors (Lipinski definition) is 0. The van der Waals surface area contributed by atoms with Gasteiger partial charge in [-0.1, -0.05) is 0 Å². The zero-order valence-corrected chi connectivity index (χ0v) is 12.7. The van der Waals surface area contributed by atoms with Crippen molar-refractivity contribution in [1.82, 2.24) is 4.90 Å². The molecule has 0 saturated carbocycles. The predicted octanol–water partition coefficient (Wildman–Crippen LogP) is -1.16. The molecule has 2 saturated heterocycles. The van der Waals surface area contributed by atoms with Crippen molar-refractivity contribution < 1.29 is 26.4 Å². The summed E-state index contributed by atoms with van der Waals surface area (Å²) < 4.78 is 50.7. The van der Waals surface area contributed by atoms with Crippen LogP contribution in [0.15, 0.2) is 0 Å². The van der Waals surface area contributed by atoms with Gasteiger partial charge < -0.3 is 9.64 Å². The molecule has 9 heteroatoms. The van der Waals surface area contributed by atoms with Gasteiger partial charge >= 0.3 is 0 Å². The van der Waals surface area contributed by atoms with E-state index in [1.807, 2.05) is 0 Å².